The lowest BCUT2D eigenvalue weighted by molar-refractivity contribution is -0.245. The summed E-state index contributed by atoms with van der Waals surface area (Å²) in [5.41, 5.74) is 7.56. The van der Waals surface area contributed by atoms with Gasteiger partial charge in [-0.15, -0.1) is 0 Å². The molecule has 1 aliphatic heterocycles. The van der Waals surface area contributed by atoms with E-state index in [1.54, 1.807) is 18.0 Å². The number of ether oxygens (including phenoxy) is 2. The summed E-state index contributed by atoms with van der Waals surface area (Å²) in [4.78, 5) is 26.3. The molecule has 6 aromatic rings. The summed E-state index contributed by atoms with van der Waals surface area (Å²) >= 11 is 1.67. The van der Waals surface area contributed by atoms with E-state index in [2.05, 4.69) is 38.5 Å². The zero-order valence-electron chi connectivity index (χ0n) is 26.4. The lowest BCUT2D eigenvalue weighted by Crippen LogP contribution is -2.31. The molecule has 0 bridgehead atoms. The van der Waals surface area contributed by atoms with E-state index in [0.717, 1.165) is 49.8 Å². The molecule has 2 N–H and O–H groups in total. The van der Waals surface area contributed by atoms with Crippen LogP contribution in [0.15, 0.2) is 121 Å². The molecule has 10 heteroatoms. The van der Waals surface area contributed by atoms with Crippen molar-refractivity contribution in [2.75, 3.05) is 5.75 Å². The van der Waals surface area contributed by atoms with E-state index in [4.69, 9.17) is 9.47 Å². The van der Waals surface area contributed by atoms with Crippen LogP contribution in [-0.4, -0.2) is 42.4 Å². The quantitative estimate of drug-likeness (QED) is 0.155. The minimum absolute atomic E-state index is 0.00144. The van der Waals surface area contributed by atoms with Crippen LogP contribution in [0.4, 0.5) is 0 Å². The summed E-state index contributed by atoms with van der Waals surface area (Å²) in [6.07, 6.45) is 5.16. The number of imidazole rings is 1. The zero-order chi connectivity index (χ0) is 32.9. The fourth-order valence-corrected chi connectivity index (χ4v) is 6.74. The van der Waals surface area contributed by atoms with Crippen molar-refractivity contribution < 1.29 is 19.4 Å². The SMILES string of the molecule is Cn1ccnc1SCC1CC(c2ccc(CO)cc2)OC(c2ccc(-c3ccccc3CNC(=O)c3cnc4ccccc4n3)cc2)O1. The second-order valence-corrected chi connectivity index (χ2v) is 12.7. The number of nitrogens with zero attached hydrogens (tertiary/aromatic N) is 4. The van der Waals surface area contributed by atoms with Crippen LogP contribution in [0, 0.1) is 0 Å². The number of benzene rings is 4. The number of hydrogen-bond acceptors (Lipinski definition) is 8. The van der Waals surface area contributed by atoms with Gasteiger partial charge in [-0.3, -0.25) is 9.78 Å². The van der Waals surface area contributed by atoms with Gasteiger partial charge in [0.2, 0.25) is 0 Å². The van der Waals surface area contributed by atoms with Crippen LogP contribution in [0.5, 0.6) is 0 Å². The van der Waals surface area contributed by atoms with Crippen molar-refractivity contribution in [3.63, 3.8) is 0 Å². The summed E-state index contributed by atoms with van der Waals surface area (Å²) in [6.45, 7) is 0.341. The number of carbonyl (C=O) groups is 1. The van der Waals surface area contributed by atoms with Gasteiger partial charge < -0.3 is 24.5 Å². The summed E-state index contributed by atoms with van der Waals surface area (Å²) in [7, 11) is 1.99. The maximum atomic E-state index is 13.0. The van der Waals surface area contributed by atoms with E-state index in [1.807, 2.05) is 96.7 Å². The Bertz CT molecular complexity index is 2010. The lowest BCUT2D eigenvalue weighted by Gasteiger charge is -2.36. The van der Waals surface area contributed by atoms with Crippen LogP contribution in [-0.2, 0) is 29.7 Å². The van der Waals surface area contributed by atoms with Crippen LogP contribution < -0.4 is 5.32 Å². The summed E-state index contributed by atoms with van der Waals surface area (Å²) in [5, 5.41) is 13.5. The van der Waals surface area contributed by atoms with Crippen molar-refractivity contribution in [3.8, 4) is 11.1 Å². The second-order valence-electron chi connectivity index (χ2n) is 11.7. The fourth-order valence-electron chi connectivity index (χ4n) is 5.79. The Morgan fingerprint density at radius 1 is 0.917 bits per heavy atom. The van der Waals surface area contributed by atoms with Gasteiger partial charge in [-0.1, -0.05) is 96.7 Å². The predicted molar refractivity (Wildman–Crippen MR) is 185 cm³/mol. The Kier molecular flexibility index (Phi) is 9.57. The molecule has 0 radical (unpaired) electrons. The van der Waals surface area contributed by atoms with Crippen LogP contribution in [0.3, 0.4) is 0 Å². The molecule has 7 rings (SSSR count). The average Bonchev–Trinajstić information content (AvgIpc) is 3.57. The minimum Gasteiger partial charge on any atom is -0.392 e. The van der Waals surface area contributed by atoms with Gasteiger partial charge in [0.1, 0.15) is 5.69 Å². The molecular weight excluding hydrogens is 623 g/mol. The molecule has 3 atom stereocenters. The third kappa shape index (κ3) is 7.17. The molecule has 1 saturated heterocycles. The maximum Gasteiger partial charge on any atom is 0.271 e. The van der Waals surface area contributed by atoms with E-state index in [9.17, 15) is 9.90 Å². The van der Waals surface area contributed by atoms with Crippen molar-refractivity contribution in [2.45, 2.75) is 43.2 Å². The highest BCUT2D eigenvalue weighted by Gasteiger charge is 2.32. The first-order chi connectivity index (χ1) is 23.5. The highest BCUT2D eigenvalue weighted by molar-refractivity contribution is 7.99. The van der Waals surface area contributed by atoms with Crippen molar-refractivity contribution in [2.24, 2.45) is 7.05 Å². The average molecular weight is 658 g/mol. The Morgan fingerprint density at radius 2 is 1.67 bits per heavy atom. The Labute approximate surface area is 283 Å². The molecular formula is C38H35N5O4S. The Balaban J connectivity index is 1.07. The van der Waals surface area contributed by atoms with Crippen molar-refractivity contribution in [1.29, 1.82) is 0 Å². The smallest absolute Gasteiger partial charge is 0.271 e. The molecule has 1 aliphatic rings. The molecule has 0 spiro atoms. The van der Waals surface area contributed by atoms with Gasteiger partial charge in [-0.05, 0) is 39.9 Å². The molecule has 0 saturated carbocycles. The number of aliphatic hydroxyl groups is 1. The molecule has 1 amide bonds. The normalized spacial score (nSPS) is 17.8. The molecule has 9 nitrogen and oxygen atoms in total. The molecule has 1 fully saturated rings. The fraction of sp³-hybridized carbons (Fsp3) is 0.211. The molecule has 4 aromatic carbocycles. The van der Waals surface area contributed by atoms with Crippen molar-refractivity contribution >= 4 is 28.7 Å². The van der Waals surface area contributed by atoms with Crippen LogP contribution in [0.1, 0.15) is 51.6 Å². The molecule has 242 valence electrons. The predicted octanol–water partition coefficient (Wildman–Crippen LogP) is 6.79. The van der Waals surface area contributed by atoms with Gasteiger partial charge >= 0.3 is 0 Å². The first kappa shape index (κ1) is 31.7. The molecule has 3 unspecified atom stereocenters. The highest BCUT2D eigenvalue weighted by atomic mass is 32.2. The minimum atomic E-state index is -0.556. The van der Waals surface area contributed by atoms with Crippen LogP contribution in [0.2, 0.25) is 0 Å². The molecule has 48 heavy (non-hydrogen) atoms. The van der Waals surface area contributed by atoms with E-state index in [-0.39, 0.29) is 30.4 Å². The van der Waals surface area contributed by atoms with Gasteiger partial charge in [0.05, 0.1) is 36.0 Å². The molecule has 3 heterocycles. The largest absolute Gasteiger partial charge is 0.392 e. The number of aromatic nitrogens is 4. The number of fused-ring (bicyclic) bond motifs is 1. The number of hydrogen-bond donors (Lipinski definition) is 2. The Morgan fingerprint density at radius 3 is 2.44 bits per heavy atom. The van der Waals surface area contributed by atoms with Gasteiger partial charge in [0.25, 0.3) is 5.91 Å². The third-order valence-corrected chi connectivity index (χ3v) is 9.61. The van der Waals surface area contributed by atoms with Crippen molar-refractivity contribution in [1.82, 2.24) is 24.8 Å². The Hall–Kier alpha value is -4.87. The number of amides is 1. The van der Waals surface area contributed by atoms with E-state index < -0.39 is 6.29 Å². The maximum absolute atomic E-state index is 13.0. The number of rotatable bonds is 10. The van der Waals surface area contributed by atoms with Gasteiger partial charge in [0, 0.05) is 43.7 Å². The number of thioether (sulfide) groups is 1. The topological polar surface area (TPSA) is 111 Å². The summed E-state index contributed by atoms with van der Waals surface area (Å²) in [5.74, 6) is 0.457. The van der Waals surface area contributed by atoms with E-state index >= 15 is 0 Å². The molecule has 0 aliphatic carbocycles. The lowest BCUT2D eigenvalue weighted by atomic mass is 9.97. The number of carbonyl (C=O) groups excluding carboxylic acids is 1. The summed E-state index contributed by atoms with van der Waals surface area (Å²) in [6, 6.07) is 31.6. The zero-order valence-corrected chi connectivity index (χ0v) is 27.2. The van der Waals surface area contributed by atoms with Crippen molar-refractivity contribution in [3.05, 3.63) is 144 Å². The summed E-state index contributed by atoms with van der Waals surface area (Å²) < 4.78 is 15.1. The van der Waals surface area contributed by atoms with Crippen LogP contribution >= 0.6 is 11.8 Å². The first-order valence-corrected chi connectivity index (χ1v) is 16.8. The first-order valence-electron chi connectivity index (χ1n) is 15.8. The third-order valence-electron chi connectivity index (χ3n) is 8.42. The molecule has 2 aromatic heterocycles. The van der Waals surface area contributed by atoms with E-state index in [0.29, 0.717) is 18.5 Å². The highest BCUT2D eigenvalue weighted by Crippen LogP contribution is 2.40. The number of aliphatic hydroxyl groups excluding tert-OH is 1. The second kappa shape index (κ2) is 14.5. The van der Waals surface area contributed by atoms with Gasteiger partial charge in [-0.25, -0.2) is 9.97 Å². The van der Waals surface area contributed by atoms with Crippen LogP contribution in [0.25, 0.3) is 22.2 Å². The van der Waals surface area contributed by atoms with Gasteiger partial charge in [0.15, 0.2) is 11.4 Å². The standard InChI is InChI=1S/C38H35N5O4S/c1-43-19-18-39-38(43)48-24-30-20-35(27-12-10-25(23-44)11-13-27)47-37(46-30)28-16-14-26(15-17-28)31-7-3-2-6-29(31)21-41-36(45)34-22-40-32-8-4-5-9-33(32)42-34/h2-19,22,30,35,37,44H,20-21,23-24H2,1H3,(H,41,45). The number of para-hydroxylation sites is 2. The number of nitrogens with one attached hydrogen (secondary N) is 1. The van der Waals surface area contributed by atoms with E-state index in [1.165, 1.54) is 6.20 Å². The van der Waals surface area contributed by atoms with Gasteiger partial charge in [-0.2, -0.15) is 0 Å². The monoisotopic (exact) mass is 657 g/mol. The number of aryl methyl sites for hydroxylation is 1.